The van der Waals surface area contributed by atoms with Crippen molar-refractivity contribution in [3.05, 3.63) is 18.2 Å². The first-order chi connectivity index (χ1) is 8.33. The SMILES string of the molecule is COc1cccc2c1OC1(CCCCC1)CN2. The summed E-state index contributed by atoms with van der Waals surface area (Å²) in [5, 5.41) is 3.49. The molecule has 1 heterocycles. The molecule has 1 spiro atoms. The third-order valence-corrected chi connectivity index (χ3v) is 3.88. The summed E-state index contributed by atoms with van der Waals surface area (Å²) in [4.78, 5) is 0. The van der Waals surface area contributed by atoms with Crippen molar-refractivity contribution in [3.8, 4) is 11.5 Å². The molecule has 1 aromatic rings. The van der Waals surface area contributed by atoms with Gasteiger partial charge < -0.3 is 14.8 Å². The number of nitrogens with one attached hydrogen (secondary N) is 1. The van der Waals surface area contributed by atoms with Gasteiger partial charge in [0.25, 0.3) is 0 Å². The number of benzene rings is 1. The average Bonchev–Trinajstić information content (AvgIpc) is 2.39. The molecule has 1 aliphatic carbocycles. The molecule has 1 aliphatic heterocycles. The fraction of sp³-hybridized carbons (Fsp3) is 0.571. The van der Waals surface area contributed by atoms with Crippen molar-refractivity contribution in [1.29, 1.82) is 0 Å². The van der Waals surface area contributed by atoms with E-state index in [4.69, 9.17) is 9.47 Å². The van der Waals surface area contributed by atoms with Gasteiger partial charge in [0.1, 0.15) is 5.60 Å². The molecule has 2 aliphatic rings. The zero-order valence-electron chi connectivity index (χ0n) is 10.3. The Bertz CT molecular complexity index is 396. The lowest BCUT2D eigenvalue weighted by Crippen LogP contribution is -2.47. The second kappa shape index (κ2) is 4.13. The number of fused-ring (bicyclic) bond motifs is 1. The van der Waals surface area contributed by atoms with Gasteiger partial charge in [-0.05, 0) is 37.8 Å². The zero-order chi connectivity index (χ0) is 11.7. The van der Waals surface area contributed by atoms with Crippen LogP contribution in [-0.4, -0.2) is 19.3 Å². The Balaban J connectivity index is 1.93. The summed E-state index contributed by atoms with van der Waals surface area (Å²) in [6, 6.07) is 6.00. The van der Waals surface area contributed by atoms with E-state index >= 15 is 0 Å². The van der Waals surface area contributed by atoms with E-state index < -0.39 is 0 Å². The van der Waals surface area contributed by atoms with Gasteiger partial charge >= 0.3 is 0 Å². The summed E-state index contributed by atoms with van der Waals surface area (Å²) < 4.78 is 11.7. The summed E-state index contributed by atoms with van der Waals surface area (Å²) in [6.07, 6.45) is 6.18. The molecule has 3 heteroatoms. The summed E-state index contributed by atoms with van der Waals surface area (Å²) in [7, 11) is 1.70. The molecule has 0 saturated heterocycles. The minimum Gasteiger partial charge on any atom is -0.493 e. The van der Waals surface area contributed by atoms with Gasteiger partial charge in [0, 0.05) is 0 Å². The lowest BCUT2D eigenvalue weighted by molar-refractivity contribution is 0.0343. The van der Waals surface area contributed by atoms with E-state index in [-0.39, 0.29) is 5.60 Å². The van der Waals surface area contributed by atoms with Crippen LogP contribution in [0.15, 0.2) is 18.2 Å². The quantitative estimate of drug-likeness (QED) is 0.808. The van der Waals surface area contributed by atoms with Crippen LogP contribution in [0.25, 0.3) is 0 Å². The molecule has 0 aromatic heterocycles. The van der Waals surface area contributed by atoms with Gasteiger partial charge in [0.05, 0.1) is 19.3 Å². The number of anilines is 1. The van der Waals surface area contributed by atoms with Crippen molar-refractivity contribution >= 4 is 5.69 Å². The van der Waals surface area contributed by atoms with Gasteiger partial charge in [-0.25, -0.2) is 0 Å². The van der Waals surface area contributed by atoms with Crippen LogP contribution in [0.2, 0.25) is 0 Å². The highest BCUT2D eigenvalue weighted by Crippen LogP contribution is 2.44. The molecule has 1 N–H and O–H groups in total. The van der Waals surface area contributed by atoms with Crippen LogP contribution in [0.5, 0.6) is 11.5 Å². The fourth-order valence-electron chi connectivity index (χ4n) is 2.90. The van der Waals surface area contributed by atoms with E-state index in [1.54, 1.807) is 7.11 Å². The first-order valence-corrected chi connectivity index (χ1v) is 6.43. The van der Waals surface area contributed by atoms with E-state index in [0.29, 0.717) is 0 Å². The Morgan fingerprint density at radius 3 is 2.82 bits per heavy atom. The Morgan fingerprint density at radius 1 is 1.24 bits per heavy atom. The highest BCUT2D eigenvalue weighted by molar-refractivity contribution is 5.65. The molecule has 92 valence electrons. The molecule has 0 bridgehead atoms. The molecule has 0 radical (unpaired) electrons. The molecule has 3 nitrogen and oxygen atoms in total. The molecule has 17 heavy (non-hydrogen) atoms. The monoisotopic (exact) mass is 233 g/mol. The molecule has 3 rings (SSSR count). The predicted molar refractivity (Wildman–Crippen MR) is 67.9 cm³/mol. The number of para-hydroxylation sites is 1. The maximum atomic E-state index is 6.29. The minimum absolute atomic E-state index is 0.000116. The molecule has 1 saturated carbocycles. The van der Waals surface area contributed by atoms with Crippen molar-refractivity contribution in [2.45, 2.75) is 37.7 Å². The van der Waals surface area contributed by atoms with E-state index in [1.807, 2.05) is 18.2 Å². The molecular weight excluding hydrogens is 214 g/mol. The smallest absolute Gasteiger partial charge is 0.185 e. The molecule has 1 aromatic carbocycles. The highest BCUT2D eigenvalue weighted by atomic mass is 16.5. The summed E-state index contributed by atoms with van der Waals surface area (Å²) in [5.74, 6) is 1.72. The Morgan fingerprint density at radius 2 is 2.06 bits per heavy atom. The van der Waals surface area contributed by atoms with Crippen LogP contribution in [0.1, 0.15) is 32.1 Å². The molecule has 1 fully saturated rings. The second-order valence-electron chi connectivity index (χ2n) is 5.04. The van der Waals surface area contributed by atoms with Gasteiger partial charge in [-0.1, -0.05) is 12.5 Å². The van der Waals surface area contributed by atoms with Crippen LogP contribution < -0.4 is 14.8 Å². The van der Waals surface area contributed by atoms with Crippen molar-refractivity contribution in [2.75, 3.05) is 19.0 Å². The van der Waals surface area contributed by atoms with Gasteiger partial charge in [0.15, 0.2) is 11.5 Å². The predicted octanol–water partition coefficient (Wildman–Crippen LogP) is 3.20. The molecule has 0 unspecified atom stereocenters. The largest absolute Gasteiger partial charge is 0.493 e. The molecule has 0 atom stereocenters. The summed E-state index contributed by atoms with van der Waals surface area (Å²) in [5.41, 5.74) is 1.06. The number of hydrogen-bond donors (Lipinski definition) is 1. The van der Waals surface area contributed by atoms with Crippen LogP contribution in [0.4, 0.5) is 5.69 Å². The van der Waals surface area contributed by atoms with Crippen molar-refractivity contribution in [1.82, 2.24) is 0 Å². The zero-order valence-corrected chi connectivity index (χ0v) is 10.3. The first-order valence-electron chi connectivity index (χ1n) is 6.43. The second-order valence-corrected chi connectivity index (χ2v) is 5.04. The molecule has 0 amide bonds. The number of ether oxygens (including phenoxy) is 2. The number of methoxy groups -OCH3 is 1. The Hall–Kier alpha value is -1.38. The van der Waals surface area contributed by atoms with Crippen molar-refractivity contribution in [2.24, 2.45) is 0 Å². The van der Waals surface area contributed by atoms with E-state index in [1.165, 1.54) is 19.3 Å². The first kappa shape index (κ1) is 10.8. The highest BCUT2D eigenvalue weighted by Gasteiger charge is 2.38. The van der Waals surface area contributed by atoms with Gasteiger partial charge in [-0.3, -0.25) is 0 Å². The van der Waals surface area contributed by atoms with E-state index in [0.717, 1.165) is 36.6 Å². The topological polar surface area (TPSA) is 30.5 Å². The van der Waals surface area contributed by atoms with E-state index in [9.17, 15) is 0 Å². The standard InChI is InChI=1S/C14H19NO2/c1-16-12-7-5-6-11-13(12)17-14(10-15-11)8-3-2-4-9-14/h5-7,15H,2-4,8-10H2,1H3. The Labute approximate surface area is 102 Å². The Kier molecular flexibility index (Phi) is 2.61. The van der Waals surface area contributed by atoms with Crippen LogP contribution in [0.3, 0.4) is 0 Å². The minimum atomic E-state index is -0.000116. The number of hydrogen-bond acceptors (Lipinski definition) is 3. The average molecular weight is 233 g/mol. The third-order valence-electron chi connectivity index (χ3n) is 3.88. The lowest BCUT2D eigenvalue weighted by atomic mass is 9.83. The van der Waals surface area contributed by atoms with Gasteiger partial charge in [-0.15, -0.1) is 0 Å². The van der Waals surface area contributed by atoms with Crippen LogP contribution in [0, 0.1) is 0 Å². The normalized spacial score (nSPS) is 21.2. The van der Waals surface area contributed by atoms with Gasteiger partial charge in [-0.2, -0.15) is 0 Å². The van der Waals surface area contributed by atoms with Crippen molar-refractivity contribution < 1.29 is 9.47 Å². The number of rotatable bonds is 1. The summed E-state index contributed by atoms with van der Waals surface area (Å²) in [6.45, 7) is 0.924. The van der Waals surface area contributed by atoms with Crippen LogP contribution in [-0.2, 0) is 0 Å². The third kappa shape index (κ3) is 1.84. The lowest BCUT2D eigenvalue weighted by Gasteiger charge is -2.42. The summed E-state index contributed by atoms with van der Waals surface area (Å²) >= 11 is 0. The van der Waals surface area contributed by atoms with Gasteiger partial charge in [0.2, 0.25) is 0 Å². The van der Waals surface area contributed by atoms with Crippen molar-refractivity contribution in [3.63, 3.8) is 0 Å². The maximum Gasteiger partial charge on any atom is 0.185 e. The van der Waals surface area contributed by atoms with Crippen LogP contribution >= 0.6 is 0 Å². The maximum absolute atomic E-state index is 6.29. The molecular formula is C14H19NO2. The van der Waals surface area contributed by atoms with E-state index in [2.05, 4.69) is 5.32 Å². The fourth-order valence-corrected chi connectivity index (χ4v) is 2.90.